The van der Waals surface area contributed by atoms with Crippen LogP contribution in [0.3, 0.4) is 0 Å². The van der Waals surface area contributed by atoms with Gasteiger partial charge in [0.15, 0.2) is 0 Å². The van der Waals surface area contributed by atoms with Gasteiger partial charge in [-0.2, -0.15) is 0 Å². The van der Waals surface area contributed by atoms with Gasteiger partial charge in [0, 0.05) is 17.2 Å². The van der Waals surface area contributed by atoms with Crippen LogP contribution in [0.1, 0.15) is 49.2 Å². The zero-order valence-electron chi connectivity index (χ0n) is 15.9. The number of anilines is 1. The molecule has 0 aliphatic carbocycles. The zero-order chi connectivity index (χ0) is 18.7. The molecule has 0 saturated carbocycles. The second-order valence-electron chi connectivity index (χ2n) is 8.01. The van der Waals surface area contributed by atoms with Crippen LogP contribution in [0.4, 0.5) is 5.69 Å². The smallest absolute Gasteiger partial charge is 0.399 e. The van der Waals surface area contributed by atoms with E-state index in [1.165, 1.54) is 0 Å². The van der Waals surface area contributed by atoms with E-state index in [0.717, 1.165) is 27.8 Å². The predicted octanol–water partition coefficient (Wildman–Crippen LogP) is 2.85. The summed E-state index contributed by atoms with van der Waals surface area (Å²) in [6.07, 6.45) is 3.52. The van der Waals surface area contributed by atoms with E-state index >= 15 is 0 Å². The first-order valence-corrected chi connectivity index (χ1v) is 8.91. The number of hydrogen-bond donors (Lipinski definition) is 0. The molecular weight excluding hydrogens is 327 g/mol. The molecule has 26 heavy (non-hydrogen) atoms. The summed E-state index contributed by atoms with van der Waals surface area (Å²) in [5.41, 5.74) is 3.59. The van der Waals surface area contributed by atoms with Crippen molar-refractivity contribution < 1.29 is 14.1 Å². The molecule has 0 bridgehead atoms. The minimum Gasteiger partial charge on any atom is -0.399 e. The summed E-state index contributed by atoms with van der Waals surface area (Å²) >= 11 is 0. The third-order valence-corrected chi connectivity index (χ3v) is 5.85. The molecule has 4 rings (SSSR count). The van der Waals surface area contributed by atoms with E-state index in [9.17, 15) is 4.79 Å². The van der Waals surface area contributed by atoms with Gasteiger partial charge in [0.1, 0.15) is 0 Å². The van der Waals surface area contributed by atoms with Gasteiger partial charge in [-0.1, -0.05) is 18.2 Å². The fraction of sp³-hybridized carbons (Fsp3) is 0.400. The van der Waals surface area contributed by atoms with Crippen LogP contribution >= 0.6 is 0 Å². The summed E-state index contributed by atoms with van der Waals surface area (Å²) in [6, 6.07) is 7.72. The number of carbonyl (C=O) groups excluding carboxylic acids is 1. The van der Waals surface area contributed by atoms with Crippen molar-refractivity contribution in [1.29, 1.82) is 0 Å². The molecule has 134 valence electrons. The average Bonchev–Trinajstić information content (AvgIpc) is 3.01. The molecule has 2 aliphatic rings. The number of rotatable bonds is 2. The largest absolute Gasteiger partial charge is 0.496 e. The summed E-state index contributed by atoms with van der Waals surface area (Å²) in [6.45, 7) is 10.7. The molecule has 1 aromatic carbocycles. The van der Waals surface area contributed by atoms with Crippen molar-refractivity contribution in [3.05, 3.63) is 53.3 Å². The Balaban J connectivity index is 1.70. The number of nitrogens with zero attached hydrogens (tertiary/aromatic N) is 2. The van der Waals surface area contributed by atoms with Gasteiger partial charge in [0.05, 0.1) is 29.6 Å². The van der Waals surface area contributed by atoms with E-state index < -0.39 is 18.3 Å². The molecule has 6 heteroatoms. The molecule has 0 spiro atoms. The monoisotopic (exact) mass is 350 g/mol. The molecular formula is C20H23BN2O3. The summed E-state index contributed by atoms with van der Waals surface area (Å²) in [4.78, 5) is 19.0. The maximum atomic E-state index is 12.8. The second-order valence-corrected chi connectivity index (χ2v) is 8.01. The zero-order valence-corrected chi connectivity index (χ0v) is 15.9. The summed E-state index contributed by atoms with van der Waals surface area (Å²) < 4.78 is 12.3. The van der Waals surface area contributed by atoms with Gasteiger partial charge in [-0.05, 0) is 51.8 Å². The van der Waals surface area contributed by atoms with E-state index in [2.05, 4.69) is 4.98 Å². The Morgan fingerprint density at radius 2 is 1.73 bits per heavy atom. The molecule has 0 unspecified atom stereocenters. The Hall–Kier alpha value is -2.18. The highest BCUT2D eigenvalue weighted by atomic mass is 16.7. The predicted molar refractivity (Wildman–Crippen MR) is 102 cm³/mol. The van der Waals surface area contributed by atoms with E-state index in [0.29, 0.717) is 6.54 Å². The molecule has 0 atom stereocenters. The Kier molecular flexibility index (Phi) is 3.76. The first kappa shape index (κ1) is 17.2. The average molecular weight is 350 g/mol. The molecule has 1 fully saturated rings. The summed E-state index contributed by atoms with van der Waals surface area (Å²) in [5.74, 6) is 0.0107. The third kappa shape index (κ3) is 2.48. The molecule has 2 aliphatic heterocycles. The molecule has 2 aromatic rings. The van der Waals surface area contributed by atoms with E-state index in [-0.39, 0.29) is 5.91 Å². The lowest BCUT2D eigenvalue weighted by Gasteiger charge is -2.32. The fourth-order valence-electron chi connectivity index (χ4n) is 3.46. The van der Waals surface area contributed by atoms with Crippen molar-refractivity contribution in [3.63, 3.8) is 0 Å². The lowest BCUT2D eigenvalue weighted by atomic mass is 9.77. The Bertz CT molecular complexity index is 878. The SMILES string of the molecule is Cc1c(B2OC(C)(C)C(C)(C)O2)cncc1N1Cc2ccccc2C1=O. The van der Waals surface area contributed by atoms with Gasteiger partial charge < -0.3 is 14.2 Å². The van der Waals surface area contributed by atoms with Gasteiger partial charge >= 0.3 is 7.12 Å². The van der Waals surface area contributed by atoms with Crippen LogP contribution in [0.15, 0.2) is 36.7 Å². The summed E-state index contributed by atoms with van der Waals surface area (Å²) in [7, 11) is -0.493. The summed E-state index contributed by atoms with van der Waals surface area (Å²) in [5, 5.41) is 0. The van der Waals surface area contributed by atoms with Crippen molar-refractivity contribution >= 4 is 24.2 Å². The number of aromatic nitrogens is 1. The number of pyridine rings is 1. The minimum atomic E-state index is -0.493. The second kappa shape index (κ2) is 5.66. The molecule has 1 saturated heterocycles. The Labute approximate surface area is 154 Å². The van der Waals surface area contributed by atoms with Gasteiger partial charge in [-0.3, -0.25) is 9.78 Å². The van der Waals surface area contributed by atoms with Crippen molar-refractivity contribution in [2.45, 2.75) is 52.4 Å². The van der Waals surface area contributed by atoms with Gasteiger partial charge in [0.25, 0.3) is 5.91 Å². The topological polar surface area (TPSA) is 51.7 Å². The number of fused-ring (bicyclic) bond motifs is 1. The van der Waals surface area contributed by atoms with Crippen LogP contribution in [0, 0.1) is 6.92 Å². The van der Waals surface area contributed by atoms with Crippen molar-refractivity contribution in [2.24, 2.45) is 0 Å². The molecule has 5 nitrogen and oxygen atoms in total. The van der Waals surface area contributed by atoms with Crippen LogP contribution in [0.5, 0.6) is 0 Å². The highest BCUT2D eigenvalue weighted by molar-refractivity contribution is 6.62. The highest BCUT2D eigenvalue weighted by Crippen LogP contribution is 2.37. The normalized spacial score (nSPS) is 20.6. The van der Waals surface area contributed by atoms with Gasteiger partial charge in [-0.25, -0.2) is 0 Å². The number of benzene rings is 1. The van der Waals surface area contributed by atoms with E-state index in [1.807, 2.05) is 58.9 Å². The highest BCUT2D eigenvalue weighted by Gasteiger charge is 2.52. The lowest BCUT2D eigenvalue weighted by molar-refractivity contribution is 0.00578. The van der Waals surface area contributed by atoms with Gasteiger partial charge in [-0.15, -0.1) is 0 Å². The third-order valence-electron chi connectivity index (χ3n) is 5.85. The van der Waals surface area contributed by atoms with Crippen LogP contribution < -0.4 is 10.4 Å². The number of carbonyl (C=O) groups is 1. The quantitative estimate of drug-likeness (QED) is 0.782. The Morgan fingerprint density at radius 1 is 1.08 bits per heavy atom. The minimum absolute atomic E-state index is 0.0107. The fourth-order valence-corrected chi connectivity index (χ4v) is 3.46. The van der Waals surface area contributed by atoms with Crippen LogP contribution in [0.25, 0.3) is 0 Å². The lowest BCUT2D eigenvalue weighted by Crippen LogP contribution is -2.41. The Morgan fingerprint density at radius 3 is 2.38 bits per heavy atom. The van der Waals surface area contributed by atoms with Crippen LogP contribution in [0.2, 0.25) is 0 Å². The van der Waals surface area contributed by atoms with Crippen molar-refractivity contribution in [1.82, 2.24) is 4.98 Å². The van der Waals surface area contributed by atoms with E-state index in [4.69, 9.17) is 9.31 Å². The first-order valence-electron chi connectivity index (χ1n) is 8.91. The molecule has 3 heterocycles. The van der Waals surface area contributed by atoms with Crippen LogP contribution in [-0.4, -0.2) is 29.2 Å². The van der Waals surface area contributed by atoms with Crippen molar-refractivity contribution in [2.75, 3.05) is 4.90 Å². The number of hydrogen-bond acceptors (Lipinski definition) is 4. The maximum Gasteiger partial charge on any atom is 0.496 e. The first-order chi connectivity index (χ1) is 12.2. The molecule has 0 N–H and O–H groups in total. The standard InChI is InChI=1S/C20H23BN2O3/c1-13-16(21-25-19(2,3)20(4,5)26-21)10-22-11-17(13)23-12-14-8-6-7-9-15(14)18(23)24/h6-11H,12H2,1-5H3. The molecule has 1 amide bonds. The molecule has 1 aromatic heterocycles. The van der Waals surface area contributed by atoms with Crippen molar-refractivity contribution in [3.8, 4) is 0 Å². The van der Waals surface area contributed by atoms with Crippen LogP contribution in [-0.2, 0) is 15.9 Å². The molecule has 0 radical (unpaired) electrons. The number of amides is 1. The van der Waals surface area contributed by atoms with E-state index in [1.54, 1.807) is 17.3 Å². The van der Waals surface area contributed by atoms with Gasteiger partial charge in [0.2, 0.25) is 0 Å². The maximum absolute atomic E-state index is 12.8.